The Balaban J connectivity index is 0.00000320. The third-order valence-corrected chi connectivity index (χ3v) is 6.04. The average Bonchev–Trinajstić information content (AvgIpc) is 3.15. The maximum atomic E-state index is 11.4. The highest BCUT2D eigenvalue weighted by atomic mass is 127. The number of nitrogens with one attached hydrogen (secondary N) is 2. The summed E-state index contributed by atoms with van der Waals surface area (Å²) in [5, 5.41) is 6.71. The molecule has 0 saturated carbocycles. The van der Waals surface area contributed by atoms with Crippen molar-refractivity contribution in [3.05, 3.63) is 45.8 Å². The van der Waals surface area contributed by atoms with Crippen molar-refractivity contribution in [2.75, 3.05) is 24.5 Å². The molecule has 7 nitrogen and oxygen atoms in total. The van der Waals surface area contributed by atoms with Gasteiger partial charge >= 0.3 is 0 Å². The number of guanidine groups is 1. The summed E-state index contributed by atoms with van der Waals surface area (Å²) < 4.78 is 0. The van der Waals surface area contributed by atoms with Crippen LogP contribution in [0, 0.1) is 12.8 Å². The third kappa shape index (κ3) is 6.83. The fourth-order valence-electron chi connectivity index (χ4n) is 3.47. The zero-order chi connectivity index (χ0) is 20.6. The van der Waals surface area contributed by atoms with Crippen LogP contribution >= 0.6 is 35.3 Å². The van der Waals surface area contributed by atoms with Crippen molar-refractivity contribution in [2.24, 2.45) is 16.6 Å². The van der Waals surface area contributed by atoms with E-state index < -0.39 is 0 Å². The summed E-state index contributed by atoms with van der Waals surface area (Å²) >= 11 is 1.79. The first-order chi connectivity index (χ1) is 14.1. The van der Waals surface area contributed by atoms with Gasteiger partial charge in [-0.3, -0.25) is 4.79 Å². The minimum Gasteiger partial charge on any atom is -0.369 e. The Morgan fingerprint density at radius 3 is 2.70 bits per heavy atom. The Morgan fingerprint density at radius 2 is 2.07 bits per heavy atom. The number of thiophene rings is 1. The average molecular weight is 542 g/mol. The predicted molar refractivity (Wildman–Crippen MR) is 134 cm³/mol. The number of anilines is 1. The van der Waals surface area contributed by atoms with E-state index in [1.165, 1.54) is 9.75 Å². The number of pyridine rings is 1. The largest absolute Gasteiger partial charge is 0.369 e. The first-order valence-corrected chi connectivity index (χ1v) is 10.9. The summed E-state index contributed by atoms with van der Waals surface area (Å²) in [4.78, 5) is 25.6. The van der Waals surface area contributed by atoms with Gasteiger partial charge in [-0.25, -0.2) is 9.98 Å². The number of hydrogen-bond donors (Lipinski definition) is 3. The molecule has 0 unspecified atom stereocenters. The van der Waals surface area contributed by atoms with Crippen molar-refractivity contribution in [3.8, 4) is 0 Å². The van der Waals surface area contributed by atoms with E-state index >= 15 is 0 Å². The molecule has 2 aromatic heterocycles. The number of aliphatic imine (C=N–C) groups is 1. The Kier molecular flexibility index (Phi) is 9.83. The van der Waals surface area contributed by atoms with E-state index in [9.17, 15) is 4.79 Å². The molecule has 164 valence electrons. The summed E-state index contributed by atoms with van der Waals surface area (Å²) in [7, 11) is 0. The van der Waals surface area contributed by atoms with Gasteiger partial charge in [0.15, 0.2) is 5.96 Å². The molecule has 3 heterocycles. The Hall–Kier alpha value is -1.88. The van der Waals surface area contributed by atoms with Gasteiger partial charge in [0.1, 0.15) is 5.82 Å². The molecule has 2 aromatic rings. The molecular weight excluding hydrogens is 511 g/mol. The topological polar surface area (TPSA) is 95.6 Å². The lowest BCUT2D eigenvalue weighted by Crippen LogP contribution is -2.39. The second kappa shape index (κ2) is 12.1. The van der Waals surface area contributed by atoms with Crippen molar-refractivity contribution < 1.29 is 4.79 Å². The maximum Gasteiger partial charge on any atom is 0.220 e. The van der Waals surface area contributed by atoms with Crippen LogP contribution in [-0.4, -0.2) is 36.5 Å². The molecule has 1 aliphatic rings. The van der Waals surface area contributed by atoms with Crippen LogP contribution in [0.2, 0.25) is 0 Å². The van der Waals surface area contributed by atoms with Crippen LogP contribution in [0.5, 0.6) is 0 Å². The number of aryl methyl sites for hydroxylation is 1. The van der Waals surface area contributed by atoms with Crippen molar-refractivity contribution in [2.45, 2.75) is 39.8 Å². The minimum absolute atomic E-state index is 0. The van der Waals surface area contributed by atoms with Gasteiger partial charge in [0.2, 0.25) is 5.91 Å². The van der Waals surface area contributed by atoms with Gasteiger partial charge in [0.25, 0.3) is 0 Å². The number of piperidine rings is 1. The molecule has 9 heteroatoms. The number of carbonyl (C=O) groups excluding carboxylic acids is 1. The molecule has 1 aliphatic heterocycles. The highest BCUT2D eigenvalue weighted by molar-refractivity contribution is 14.0. The molecular formula is C21H31IN6OS. The van der Waals surface area contributed by atoms with Crippen molar-refractivity contribution >= 4 is 53.0 Å². The fourth-order valence-corrected chi connectivity index (χ4v) is 4.30. The summed E-state index contributed by atoms with van der Waals surface area (Å²) in [6.45, 7) is 7.85. The normalized spacial score (nSPS) is 14.9. The van der Waals surface area contributed by atoms with E-state index in [2.05, 4.69) is 52.6 Å². The molecule has 0 aliphatic carbocycles. The van der Waals surface area contributed by atoms with Crippen LogP contribution in [0.4, 0.5) is 5.82 Å². The molecule has 0 aromatic carbocycles. The first-order valence-electron chi connectivity index (χ1n) is 10.1. The van der Waals surface area contributed by atoms with Gasteiger partial charge < -0.3 is 21.3 Å². The molecule has 1 fully saturated rings. The van der Waals surface area contributed by atoms with E-state index in [0.717, 1.165) is 56.4 Å². The minimum atomic E-state index is -0.196. The number of rotatable bonds is 7. The van der Waals surface area contributed by atoms with Crippen LogP contribution in [-0.2, 0) is 17.9 Å². The van der Waals surface area contributed by atoms with E-state index in [0.29, 0.717) is 6.54 Å². The first kappa shape index (κ1) is 24.4. The van der Waals surface area contributed by atoms with E-state index in [-0.39, 0.29) is 35.8 Å². The maximum absolute atomic E-state index is 11.4. The van der Waals surface area contributed by atoms with E-state index in [1.54, 1.807) is 11.3 Å². The monoisotopic (exact) mass is 542 g/mol. The number of nitrogens with zero attached hydrogens (tertiary/aromatic N) is 3. The fraction of sp³-hybridized carbons (Fsp3) is 0.476. The number of amides is 1. The van der Waals surface area contributed by atoms with E-state index in [1.807, 2.05) is 12.3 Å². The van der Waals surface area contributed by atoms with Crippen molar-refractivity contribution in [1.29, 1.82) is 0 Å². The smallest absolute Gasteiger partial charge is 0.220 e. The van der Waals surface area contributed by atoms with Gasteiger partial charge in [-0.2, -0.15) is 0 Å². The zero-order valence-corrected chi connectivity index (χ0v) is 20.7. The van der Waals surface area contributed by atoms with Crippen LogP contribution in [0.3, 0.4) is 0 Å². The Bertz CT molecular complexity index is 848. The highest BCUT2D eigenvalue weighted by Crippen LogP contribution is 2.25. The Morgan fingerprint density at radius 1 is 1.30 bits per heavy atom. The second-order valence-corrected chi connectivity index (χ2v) is 8.58. The van der Waals surface area contributed by atoms with Crippen molar-refractivity contribution in [3.63, 3.8) is 0 Å². The number of hydrogen-bond acceptors (Lipinski definition) is 5. The lowest BCUT2D eigenvalue weighted by Gasteiger charge is -2.32. The van der Waals surface area contributed by atoms with Crippen LogP contribution in [0.1, 0.15) is 35.1 Å². The number of carbonyl (C=O) groups is 1. The van der Waals surface area contributed by atoms with Gasteiger partial charge in [-0.15, -0.1) is 35.3 Å². The molecule has 30 heavy (non-hydrogen) atoms. The third-order valence-electron chi connectivity index (χ3n) is 5.04. The molecule has 1 saturated heterocycles. The number of nitrogens with two attached hydrogens (primary N) is 1. The standard InChI is InChI=1S/C21H30N6OS.HI/c1-3-23-21(26-14-18-7-6-15(2)29-18)25-13-17-5-4-10-24-20(17)27-11-8-16(9-12-27)19(22)28;/h4-7,10,16H,3,8-9,11-14H2,1-2H3,(H2,22,28)(H2,23,25,26);1H. The SMILES string of the molecule is CCNC(=NCc1cccnc1N1CCC(C(N)=O)CC1)NCc1ccc(C)s1.I. The summed E-state index contributed by atoms with van der Waals surface area (Å²) in [5.74, 6) is 1.52. The van der Waals surface area contributed by atoms with Crippen LogP contribution in [0.25, 0.3) is 0 Å². The summed E-state index contributed by atoms with van der Waals surface area (Å²) in [6, 6.07) is 8.29. The van der Waals surface area contributed by atoms with Crippen LogP contribution < -0.4 is 21.3 Å². The van der Waals surface area contributed by atoms with Gasteiger partial charge in [0.05, 0.1) is 13.1 Å². The predicted octanol–water partition coefficient (Wildman–Crippen LogP) is 3.03. The van der Waals surface area contributed by atoms with E-state index in [4.69, 9.17) is 10.7 Å². The molecule has 4 N–H and O–H groups in total. The second-order valence-electron chi connectivity index (χ2n) is 7.21. The molecule has 0 bridgehead atoms. The number of aromatic nitrogens is 1. The lowest BCUT2D eigenvalue weighted by atomic mass is 9.96. The molecule has 3 rings (SSSR count). The molecule has 0 spiro atoms. The Labute approximate surface area is 199 Å². The highest BCUT2D eigenvalue weighted by Gasteiger charge is 2.24. The zero-order valence-electron chi connectivity index (χ0n) is 17.6. The van der Waals surface area contributed by atoms with Crippen LogP contribution in [0.15, 0.2) is 35.5 Å². The van der Waals surface area contributed by atoms with Crippen molar-refractivity contribution in [1.82, 2.24) is 15.6 Å². The summed E-state index contributed by atoms with van der Waals surface area (Å²) in [5.41, 5.74) is 6.54. The number of primary amides is 1. The lowest BCUT2D eigenvalue weighted by molar-refractivity contribution is -0.122. The molecule has 1 amide bonds. The molecule has 0 atom stereocenters. The quantitative estimate of drug-likeness (QED) is 0.284. The number of halogens is 1. The van der Waals surface area contributed by atoms with Gasteiger partial charge in [0, 0.05) is 47.1 Å². The van der Waals surface area contributed by atoms with Gasteiger partial charge in [-0.1, -0.05) is 6.07 Å². The van der Waals surface area contributed by atoms with Gasteiger partial charge in [-0.05, 0) is 44.9 Å². The summed E-state index contributed by atoms with van der Waals surface area (Å²) in [6.07, 6.45) is 3.36. The molecule has 0 radical (unpaired) electrons.